The van der Waals surface area contributed by atoms with Crippen molar-refractivity contribution in [2.45, 2.75) is 6.92 Å². The molecule has 2 aromatic carbocycles. The SMILES string of the molecule is COC(=O)c1ccc(C(=O)NC(=NCCN2CCOCC2)Nc2ccc(Cl)cc2C)cc1. The molecular formula is C23H27ClN4O4. The number of hydrogen-bond donors (Lipinski definition) is 2. The molecule has 1 aliphatic heterocycles. The number of hydrogen-bond acceptors (Lipinski definition) is 6. The van der Waals surface area contributed by atoms with Gasteiger partial charge in [-0.3, -0.25) is 20.0 Å². The van der Waals surface area contributed by atoms with E-state index in [1.165, 1.54) is 7.11 Å². The Bertz CT molecular complexity index is 972. The van der Waals surface area contributed by atoms with Gasteiger partial charge in [-0.2, -0.15) is 0 Å². The van der Waals surface area contributed by atoms with Crippen molar-refractivity contribution >= 4 is 35.1 Å². The third-order valence-corrected chi connectivity index (χ3v) is 5.27. The van der Waals surface area contributed by atoms with Gasteiger partial charge in [0.2, 0.25) is 5.96 Å². The van der Waals surface area contributed by atoms with Crippen molar-refractivity contribution in [3.8, 4) is 0 Å². The van der Waals surface area contributed by atoms with Gasteiger partial charge in [0.15, 0.2) is 0 Å². The largest absolute Gasteiger partial charge is 0.465 e. The van der Waals surface area contributed by atoms with Crippen molar-refractivity contribution < 1.29 is 19.1 Å². The van der Waals surface area contributed by atoms with Crippen LogP contribution in [0.5, 0.6) is 0 Å². The summed E-state index contributed by atoms with van der Waals surface area (Å²) < 4.78 is 10.1. The first-order chi connectivity index (χ1) is 15.5. The van der Waals surface area contributed by atoms with Crippen molar-refractivity contribution in [2.24, 2.45) is 4.99 Å². The molecule has 1 aliphatic rings. The number of methoxy groups -OCH3 is 1. The number of halogens is 1. The van der Waals surface area contributed by atoms with Crippen LogP contribution in [0.4, 0.5) is 5.69 Å². The Morgan fingerprint density at radius 1 is 1.12 bits per heavy atom. The minimum Gasteiger partial charge on any atom is -0.465 e. The molecule has 3 rings (SSSR count). The van der Waals surface area contributed by atoms with Crippen LogP contribution in [-0.4, -0.2) is 69.2 Å². The smallest absolute Gasteiger partial charge is 0.337 e. The fraction of sp³-hybridized carbons (Fsp3) is 0.348. The van der Waals surface area contributed by atoms with Gasteiger partial charge in [0.1, 0.15) is 0 Å². The molecule has 8 nitrogen and oxygen atoms in total. The molecule has 1 fully saturated rings. The summed E-state index contributed by atoms with van der Waals surface area (Å²) in [5, 5.41) is 6.66. The zero-order chi connectivity index (χ0) is 22.9. The molecule has 0 unspecified atom stereocenters. The Morgan fingerprint density at radius 2 is 1.81 bits per heavy atom. The Labute approximate surface area is 192 Å². The second kappa shape index (κ2) is 11.6. The standard InChI is InChI=1S/C23H27ClN4O4/c1-16-15-19(24)7-8-20(16)26-23(25-9-10-28-11-13-32-14-12-28)27-21(29)17-3-5-18(6-4-17)22(30)31-2/h3-8,15H,9-14H2,1-2H3,(H2,25,26,27,29). The lowest BCUT2D eigenvalue weighted by molar-refractivity contribution is 0.0394. The van der Waals surface area contributed by atoms with Crippen LogP contribution in [-0.2, 0) is 9.47 Å². The summed E-state index contributed by atoms with van der Waals surface area (Å²) in [6.07, 6.45) is 0. The van der Waals surface area contributed by atoms with Crippen molar-refractivity contribution in [3.63, 3.8) is 0 Å². The summed E-state index contributed by atoms with van der Waals surface area (Å²) in [6.45, 7) is 6.37. The van der Waals surface area contributed by atoms with Gasteiger partial charge in [-0.05, 0) is 55.0 Å². The number of aryl methyl sites for hydroxylation is 1. The fourth-order valence-corrected chi connectivity index (χ4v) is 3.42. The number of anilines is 1. The minimum atomic E-state index is -0.456. The maximum atomic E-state index is 12.8. The average molecular weight is 459 g/mol. The zero-order valence-electron chi connectivity index (χ0n) is 18.2. The Hall–Kier alpha value is -2.94. The molecule has 170 valence electrons. The minimum absolute atomic E-state index is 0.339. The number of carbonyl (C=O) groups is 2. The molecule has 0 radical (unpaired) electrons. The number of ether oxygens (including phenoxy) is 2. The summed E-state index contributed by atoms with van der Waals surface area (Å²) in [5.41, 5.74) is 2.49. The fourth-order valence-electron chi connectivity index (χ4n) is 3.19. The molecule has 1 heterocycles. The highest BCUT2D eigenvalue weighted by atomic mass is 35.5. The quantitative estimate of drug-likeness (QED) is 0.393. The molecule has 32 heavy (non-hydrogen) atoms. The molecule has 2 N–H and O–H groups in total. The molecule has 0 saturated carbocycles. The van der Waals surface area contributed by atoms with Gasteiger partial charge in [-0.15, -0.1) is 0 Å². The predicted octanol–water partition coefficient (Wildman–Crippen LogP) is 2.97. The molecule has 1 saturated heterocycles. The van der Waals surface area contributed by atoms with Crippen LogP contribution in [0.15, 0.2) is 47.5 Å². The van der Waals surface area contributed by atoms with Gasteiger partial charge in [0, 0.05) is 35.9 Å². The van der Waals surface area contributed by atoms with Crippen molar-refractivity contribution in [1.82, 2.24) is 10.2 Å². The van der Waals surface area contributed by atoms with Crippen LogP contribution in [0.3, 0.4) is 0 Å². The summed E-state index contributed by atoms with van der Waals surface area (Å²) >= 11 is 6.06. The molecule has 0 aliphatic carbocycles. The summed E-state index contributed by atoms with van der Waals surface area (Å²) in [7, 11) is 1.31. The number of rotatable bonds is 6. The molecular weight excluding hydrogens is 432 g/mol. The number of nitrogens with zero attached hydrogens (tertiary/aromatic N) is 2. The van der Waals surface area contributed by atoms with Crippen LogP contribution >= 0.6 is 11.6 Å². The van der Waals surface area contributed by atoms with Crippen molar-refractivity contribution in [2.75, 3.05) is 51.8 Å². The Balaban J connectivity index is 1.72. The van der Waals surface area contributed by atoms with E-state index in [4.69, 9.17) is 21.1 Å². The van der Waals surface area contributed by atoms with Crippen molar-refractivity contribution in [1.29, 1.82) is 0 Å². The molecule has 0 aromatic heterocycles. The number of carbonyl (C=O) groups excluding carboxylic acids is 2. The maximum Gasteiger partial charge on any atom is 0.337 e. The summed E-state index contributed by atoms with van der Waals surface area (Å²) in [4.78, 5) is 31.3. The summed E-state index contributed by atoms with van der Waals surface area (Å²) in [6, 6.07) is 11.7. The van der Waals surface area contributed by atoms with Crippen LogP contribution in [0.25, 0.3) is 0 Å². The third-order valence-electron chi connectivity index (χ3n) is 5.03. The van der Waals surface area contributed by atoms with E-state index >= 15 is 0 Å². The van der Waals surface area contributed by atoms with Crippen LogP contribution in [0, 0.1) is 6.92 Å². The Kier molecular flexibility index (Phi) is 8.61. The molecule has 1 amide bonds. The van der Waals surface area contributed by atoms with Gasteiger partial charge in [-0.1, -0.05) is 11.6 Å². The lowest BCUT2D eigenvalue weighted by Crippen LogP contribution is -2.39. The van der Waals surface area contributed by atoms with E-state index in [2.05, 4.69) is 20.5 Å². The lowest BCUT2D eigenvalue weighted by Gasteiger charge is -2.25. The molecule has 0 spiro atoms. The maximum absolute atomic E-state index is 12.8. The Morgan fingerprint density at radius 3 is 2.47 bits per heavy atom. The van der Waals surface area contributed by atoms with Gasteiger partial charge in [-0.25, -0.2) is 4.79 Å². The van der Waals surface area contributed by atoms with Crippen molar-refractivity contribution in [3.05, 3.63) is 64.2 Å². The number of esters is 1. The molecule has 0 atom stereocenters. The number of aliphatic imine (C=N–C) groups is 1. The molecule has 2 aromatic rings. The second-order valence-electron chi connectivity index (χ2n) is 7.29. The first kappa shape index (κ1) is 23.7. The van der Waals surface area contributed by atoms with E-state index in [0.29, 0.717) is 28.7 Å². The van der Waals surface area contributed by atoms with Gasteiger partial charge in [0.25, 0.3) is 5.91 Å². The normalized spacial score (nSPS) is 14.7. The third kappa shape index (κ3) is 6.78. The molecule has 0 bridgehead atoms. The topological polar surface area (TPSA) is 92.3 Å². The zero-order valence-corrected chi connectivity index (χ0v) is 18.9. The monoisotopic (exact) mass is 458 g/mol. The first-order valence-electron chi connectivity index (χ1n) is 10.3. The lowest BCUT2D eigenvalue weighted by atomic mass is 10.1. The number of amides is 1. The average Bonchev–Trinajstić information content (AvgIpc) is 2.81. The predicted molar refractivity (Wildman–Crippen MR) is 125 cm³/mol. The van der Waals surface area contributed by atoms with E-state index in [1.54, 1.807) is 30.3 Å². The molecule has 9 heteroatoms. The first-order valence-corrected chi connectivity index (χ1v) is 10.7. The van der Waals surface area contributed by atoms with Gasteiger partial charge < -0.3 is 14.8 Å². The van der Waals surface area contributed by atoms with Crippen LogP contribution in [0.2, 0.25) is 5.02 Å². The number of guanidine groups is 1. The van der Waals surface area contributed by atoms with Crippen LogP contribution < -0.4 is 10.6 Å². The van der Waals surface area contributed by atoms with E-state index < -0.39 is 5.97 Å². The highest BCUT2D eigenvalue weighted by Gasteiger charge is 2.13. The number of benzene rings is 2. The van der Waals surface area contributed by atoms with E-state index in [9.17, 15) is 9.59 Å². The highest BCUT2D eigenvalue weighted by Crippen LogP contribution is 2.19. The van der Waals surface area contributed by atoms with E-state index in [1.807, 2.05) is 19.1 Å². The highest BCUT2D eigenvalue weighted by molar-refractivity contribution is 6.30. The number of morpholine rings is 1. The van der Waals surface area contributed by atoms with Crippen LogP contribution in [0.1, 0.15) is 26.3 Å². The number of nitrogens with one attached hydrogen (secondary N) is 2. The van der Waals surface area contributed by atoms with Gasteiger partial charge in [0.05, 0.1) is 32.4 Å². The summed E-state index contributed by atoms with van der Waals surface area (Å²) in [5.74, 6) is -0.460. The second-order valence-corrected chi connectivity index (χ2v) is 7.73. The van der Waals surface area contributed by atoms with E-state index in [-0.39, 0.29) is 5.91 Å². The van der Waals surface area contributed by atoms with E-state index in [0.717, 1.165) is 44.1 Å². The van der Waals surface area contributed by atoms with Gasteiger partial charge >= 0.3 is 5.97 Å².